The van der Waals surface area contributed by atoms with Crippen LogP contribution < -0.4 is 0 Å². The summed E-state index contributed by atoms with van der Waals surface area (Å²) in [5, 5.41) is 0.392. The Hall–Kier alpha value is -0.710. The fraction of sp³-hybridized carbons (Fsp3) is 0.556. The Morgan fingerprint density at radius 2 is 1.93 bits per heavy atom. The molecule has 0 rings (SSSR count). The summed E-state index contributed by atoms with van der Waals surface area (Å²) in [5.74, 6) is -1.48. The molecule has 0 amide bonds. The van der Waals surface area contributed by atoms with Crippen molar-refractivity contribution in [3.05, 3.63) is 11.4 Å². The van der Waals surface area contributed by atoms with Gasteiger partial charge >= 0.3 is 5.97 Å². The number of ether oxygens (including phenoxy) is 1. The molecule has 0 aliphatic carbocycles. The van der Waals surface area contributed by atoms with Crippen LogP contribution in [0.15, 0.2) is 11.4 Å². The van der Waals surface area contributed by atoms with Crippen LogP contribution in [0.2, 0.25) is 0 Å². The second-order valence-corrected chi connectivity index (χ2v) is 3.42. The van der Waals surface area contributed by atoms with Crippen molar-refractivity contribution in [1.29, 1.82) is 0 Å². The number of hydrogen-bond acceptors (Lipinski definition) is 3. The Morgan fingerprint density at radius 1 is 1.36 bits per heavy atom. The zero-order chi connectivity index (χ0) is 11.1. The third-order valence-corrected chi connectivity index (χ3v) is 2.26. The summed E-state index contributed by atoms with van der Waals surface area (Å²) in [6.07, 6.45) is -0.305. The van der Waals surface area contributed by atoms with Crippen LogP contribution in [0.4, 0.5) is 4.39 Å². The Kier molecular flexibility index (Phi) is 6.36. The van der Waals surface area contributed by atoms with Gasteiger partial charge in [0.25, 0.3) is 0 Å². The Bertz CT molecular complexity index is 261. The third-order valence-electron chi connectivity index (χ3n) is 1.42. The van der Waals surface area contributed by atoms with E-state index < -0.39 is 18.4 Å². The molecule has 5 heteroatoms. The number of ketones is 1. The van der Waals surface area contributed by atoms with E-state index in [1.165, 1.54) is 6.92 Å². The first-order valence-corrected chi connectivity index (χ1v) is 5.14. The summed E-state index contributed by atoms with van der Waals surface area (Å²) in [6.45, 7) is 2.46. The maximum Gasteiger partial charge on any atom is 0.313 e. The molecule has 0 saturated carbocycles. The number of alkyl halides is 1. The van der Waals surface area contributed by atoms with Crippen molar-refractivity contribution >= 4 is 27.7 Å². The van der Waals surface area contributed by atoms with E-state index in [4.69, 9.17) is 0 Å². The highest BCUT2D eigenvalue weighted by Crippen LogP contribution is 2.09. The second kappa shape index (κ2) is 6.70. The van der Waals surface area contributed by atoms with E-state index in [1.807, 2.05) is 0 Å². The van der Waals surface area contributed by atoms with Gasteiger partial charge in [0.2, 0.25) is 0 Å². The van der Waals surface area contributed by atoms with E-state index in [0.717, 1.165) is 0 Å². The monoisotopic (exact) mass is 266 g/mol. The molecular weight excluding hydrogens is 255 g/mol. The average molecular weight is 267 g/mol. The van der Waals surface area contributed by atoms with Crippen molar-refractivity contribution in [2.75, 3.05) is 11.9 Å². The highest BCUT2D eigenvalue weighted by molar-refractivity contribution is 9.09. The van der Waals surface area contributed by atoms with E-state index in [1.54, 1.807) is 6.92 Å². The fourth-order valence-electron chi connectivity index (χ4n) is 0.594. The molecule has 3 nitrogen and oxygen atoms in total. The van der Waals surface area contributed by atoms with E-state index in [9.17, 15) is 14.0 Å². The third kappa shape index (κ3) is 5.85. The molecular formula is C9H12BrFO3. The normalized spacial score (nSPS) is 12.0. The molecule has 0 aliphatic rings. The van der Waals surface area contributed by atoms with Crippen LogP contribution in [0.3, 0.4) is 0 Å². The number of carbonyl (C=O) groups excluding carboxylic acids is 2. The first-order valence-electron chi connectivity index (χ1n) is 4.02. The van der Waals surface area contributed by atoms with Gasteiger partial charge in [-0.25, -0.2) is 4.39 Å². The molecule has 0 saturated heterocycles. The fourth-order valence-corrected chi connectivity index (χ4v) is 0.898. The molecule has 0 aromatic rings. The minimum atomic E-state index is -0.699. The van der Waals surface area contributed by atoms with Gasteiger partial charge in [-0.3, -0.25) is 9.59 Å². The number of carbonyl (C=O) groups is 2. The minimum absolute atomic E-state index is 0.295. The van der Waals surface area contributed by atoms with E-state index in [-0.39, 0.29) is 12.2 Å². The topological polar surface area (TPSA) is 43.4 Å². The van der Waals surface area contributed by atoms with E-state index in [0.29, 0.717) is 10.9 Å². The number of allylic oxidation sites excluding steroid dienone is 1. The number of Topliss-reactive ketones (excluding diaryl/α,β-unsaturated/α-hetero) is 1. The van der Waals surface area contributed by atoms with Crippen molar-refractivity contribution in [3.63, 3.8) is 0 Å². The zero-order valence-electron chi connectivity index (χ0n) is 8.10. The number of hydrogen-bond donors (Lipinski definition) is 0. The Morgan fingerprint density at radius 3 is 2.36 bits per heavy atom. The van der Waals surface area contributed by atoms with Crippen molar-refractivity contribution in [3.8, 4) is 0 Å². The maximum absolute atomic E-state index is 13.0. The summed E-state index contributed by atoms with van der Waals surface area (Å²) >= 11 is 3.07. The SMILES string of the molecule is CC(=O)CC(=O)OCC(F)=C(C)CBr. The number of esters is 1. The summed E-state index contributed by atoms with van der Waals surface area (Å²) in [7, 11) is 0. The van der Waals surface area contributed by atoms with Crippen molar-refractivity contribution in [1.82, 2.24) is 0 Å². The molecule has 0 heterocycles. The summed E-state index contributed by atoms with van der Waals surface area (Å²) in [5.41, 5.74) is 0.473. The molecule has 0 atom stereocenters. The van der Waals surface area contributed by atoms with Crippen LogP contribution >= 0.6 is 15.9 Å². The van der Waals surface area contributed by atoms with Crippen LogP contribution in [0.25, 0.3) is 0 Å². The molecule has 0 aromatic carbocycles. The van der Waals surface area contributed by atoms with Gasteiger partial charge in [0.05, 0.1) is 0 Å². The maximum atomic E-state index is 13.0. The molecule has 14 heavy (non-hydrogen) atoms. The van der Waals surface area contributed by atoms with Crippen LogP contribution in [-0.4, -0.2) is 23.7 Å². The lowest BCUT2D eigenvalue weighted by Gasteiger charge is -2.03. The quantitative estimate of drug-likeness (QED) is 0.435. The van der Waals surface area contributed by atoms with Crippen LogP contribution in [-0.2, 0) is 14.3 Å². The van der Waals surface area contributed by atoms with Crippen molar-refractivity contribution in [2.24, 2.45) is 0 Å². The largest absolute Gasteiger partial charge is 0.458 e. The van der Waals surface area contributed by atoms with Gasteiger partial charge in [0.1, 0.15) is 24.6 Å². The lowest BCUT2D eigenvalue weighted by Crippen LogP contribution is -2.10. The predicted octanol–water partition coefficient (Wildman–Crippen LogP) is 2.15. The Labute approximate surface area is 90.4 Å². The van der Waals surface area contributed by atoms with Gasteiger partial charge in [-0.2, -0.15) is 0 Å². The van der Waals surface area contributed by atoms with Gasteiger partial charge < -0.3 is 4.74 Å². The second-order valence-electron chi connectivity index (χ2n) is 2.86. The smallest absolute Gasteiger partial charge is 0.313 e. The molecule has 0 aliphatic heterocycles. The van der Waals surface area contributed by atoms with Gasteiger partial charge in [-0.1, -0.05) is 15.9 Å². The summed E-state index contributed by atoms with van der Waals surface area (Å²) < 4.78 is 17.5. The molecule has 0 N–H and O–H groups in total. The number of rotatable bonds is 5. The first-order chi connectivity index (χ1) is 6.47. The highest BCUT2D eigenvalue weighted by atomic mass is 79.9. The summed E-state index contributed by atoms with van der Waals surface area (Å²) in [4.78, 5) is 21.3. The van der Waals surface area contributed by atoms with E-state index >= 15 is 0 Å². The summed E-state index contributed by atoms with van der Waals surface area (Å²) in [6, 6.07) is 0. The molecule has 0 spiro atoms. The highest BCUT2D eigenvalue weighted by Gasteiger charge is 2.08. The van der Waals surface area contributed by atoms with Gasteiger partial charge in [0.15, 0.2) is 0 Å². The Balaban J connectivity index is 3.95. The zero-order valence-corrected chi connectivity index (χ0v) is 9.69. The lowest BCUT2D eigenvalue weighted by molar-refractivity contribution is -0.145. The minimum Gasteiger partial charge on any atom is -0.458 e. The first kappa shape index (κ1) is 13.3. The number of halogens is 2. The lowest BCUT2D eigenvalue weighted by atomic mass is 10.3. The van der Waals surface area contributed by atoms with Gasteiger partial charge in [-0.15, -0.1) is 0 Å². The van der Waals surface area contributed by atoms with Crippen molar-refractivity contribution in [2.45, 2.75) is 20.3 Å². The van der Waals surface area contributed by atoms with Gasteiger partial charge in [-0.05, 0) is 19.4 Å². The molecule has 0 unspecified atom stereocenters. The molecule has 0 fully saturated rings. The molecule has 0 radical (unpaired) electrons. The average Bonchev–Trinajstić information content (AvgIpc) is 2.11. The molecule has 0 bridgehead atoms. The predicted molar refractivity (Wildman–Crippen MR) is 53.9 cm³/mol. The van der Waals surface area contributed by atoms with Gasteiger partial charge in [0, 0.05) is 5.33 Å². The standard InChI is InChI=1S/C9H12BrFO3/c1-6(4-10)8(11)5-14-9(13)3-7(2)12/h3-5H2,1-2H3. The van der Waals surface area contributed by atoms with Crippen molar-refractivity contribution < 1.29 is 18.7 Å². The van der Waals surface area contributed by atoms with E-state index in [2.05, 4.69) is 20.7 Å². The van der Waals surface area contributed by atoms with Crippen LogP contribution in [0.1, 0.15) is 20.3 Å². The molecule has 80 valence electrons. The van der Waals surface area contributed by atoms with Crippen LogP contribution in [0.5, 0.6) is 0 Å². The molecule has 0 aromatic heterocycles. The van der Waals surface area contributed by atoms with Crippen LogP contribution in [0, 0.1) is 0 Å².